The summed E-state index contributed by atoms with van der Waals surface area (Å²) < 4.78 is 45.9. The maximum absolute atomic E-state index is 13.4. The average molecular weight is 358 g/mol. The molecule has 0 saturated carbocycles. The third-order valence-corrected chi connectivity index (χ3v) is 3.97. The van der Waals surface area contributed by atoms with Crippen LogP contribution in [0, 0.1) is 0 Å². The smallest absolute Gasteiger partial charge is 0.417 e. The SMILES string of the molecule is OCc1ccc(-c2cccc(OCc3ccccc3)c2)c(C(F)(F)F)c1. The highest BCUT2D eigenvalue weighted by Gasteiger charge is 2.34. The number of hydrogen-bond donors (Lipinski definition) is 1. The number of rotatable bonds is 5. The van der Waals surface area contributed by atoms with E-state index in [9.17, 15) is 13.2 Å². The van der Waals surface area contributed by atoms with Crippen molar-refractivity contribution in [1.82, 2.24) is 0 Å². The molecule has 0 atom stereocenters. The summed E-state index contributed by atoms with van der Waals surface area (Å²) in [6.45, 7) is -0.108. The molecule has 134 valence electrons. The molecule has 0 aliphatic carbocycles. The third kappa shape index (κ3) is 4.24. The van der Waals surface area contributed by atoms with Crippen molar-refractivity contribution in [3.63, 3.8) is 0 Å². The fourth-order valence-electron chi connectivity index (χ4n) is 2.67. The Morgan fingerprint density at radius 3 is 2.27 bits per heavy atom. The van der Waals surface area contributed by atoms with Gasteiger partial charge in [-0.25, -0.2) is 0 Å². The summed E-state index contributed by atoms with van der Waals surface area (Å²) in [4.78, 5) is 0. The van der Waals surface area contributed by atoms with Gasteiger partial charge in [0.2, 0.25) is 0 Å². The van der Waals surface area contributed by atoms with Crippen LogP contribution in [-0.4, -0.2) is 5.11 Å². The van der Waals surface area contributed by atoms with E-state index in [-0.39, 0.29) is 11.1 Å². The minimum Gasteiger partial charge on any atom is -0.489 e. The van der Waals surface area contributed by atoms with Crippen molar-refractivity contribution in [3.8, 4) is 16.9 Å². The number of alkyl halides is 3. The zero-order valence-corrected chi connectivity index (χ0v) is 13.8. The summed E-state index contributed by atoms with van der Waals surface area (Å²) >= 11 is 0. The molecule has 0 heterocycles. The molecule has 0 spiro atoms. The van der Waals surface area contributed by atoms with Gasteiger partial charge in [-0.1, -0.05) is 54.6 Å². The van der Waals surface area contributed by atoms with Crippen LogP contribution >= 0.6 is 0 Å². The van der Waals surface area contributed by atoms with Crippen molar-refractivity contribution in [2.24, 2.45) is 0 Å². The molecule has 0 unspecified atom stereocenters. The molecular weight excluding hydrogens is 341 g/mol. The molecule has 0 saturated heterocycles. The largest absolute Gasteiger partial charge is 0.489 e. The molecule has 3 aromatic rings. The van der Waals surface area contributed by atoms with Crippen molar-refractivity contribution in [1.29, 1.82) is 0 Å². The number of aliphatic hydroxyl groups is 1. The van der Waals surface area contributed by atoms with Gasteiger partial charge in [0.1, 0.15) is 12.4 Å². The highest BCUT2D eigenvalue weighted by molar-refractivity contribution is 5.70. The maximum atomic E-state index is 13.4. The molecule has 0 aliphatic rings. The fraction of sp³-hybridized carbons (Fsp3) is 0.143. The van der Waals surface area contributed by atoms with Gasteiger partial charge in [0, 0.05) is 0 Å². The summed E-state index contributed by atoms with van der Waals surface area (Å²) in [7, 11) is 0. The summed E-state index contributed by atoms with van der Waals surface area (Å²) in [5.74, 6) is 0.491. The lowest BCUT2D eigenvalue weighted by atomic mass is 9.97. The van der Waals surface area contributed by atoms with Crippen LogP contribution in [0.1, 0.15) is 16.7 Å². The average Bonchev–Trinajstić information content (AvgIpc) is 2.66. The minimum absolute atomic E-state index is 0.0554. The van der Waals surface area contributed by atoms with Crippen LogP contribution < -0.4 is 4.74 Å². The fourth-order valence-corrected chi connectivity index (χ4v) is 2.67. The molecule has 0 amide bonds. The first-order chi connectivity index (χ1) is 12.5. The molecule has 26 heavy (non-hydrogen) atoms. The van der Waals surface area contributed by atoms with Crippen LogP contribution in [0.25, 0.3) is 11.1 Å². The van der Waals surface area contributed by atoms with Gasteiger partial charge in [-0.2, -0.15) is 13.2 Å². The lowest BCUT2D eigenvalue weighted by molar-refractivity contribution is -0.137. The van der Waals surface area contributed by atoms with Crippen molar-refractivity contribution in [2.75, 3.05) is 0 Å². The molecule has 0 fully saturated rings. The Labute approximate surface area is 149 Å². The topological polar surface area (TPSA) is 29.5 Å². The molecule has 0 aromatic heterocycles. The molecule has 3 aromatic carbocycles. The van der Waals surface area contributed by atoms with E-state index in [2.05, 4.69) is 0 Å². The van der Waals surface area contributed by atoms with Gasteiger partial charge in [-0.05, 0) is 40.5 Å². The Hall–Kier alpha value is -2.79. The van der Waals surface area contributed by atoms with Crippen molar-refractivity contribution >= 4 is 0 Å². The van der Waals surface area contributed by atoms with E-state index in [1.54, 1.807) is 24.3 Å². The molecular formula is C21H17F3O2. The molecule has 2 nitrogen and oxygen atoms in total. The lowest BCUT2D eigenvalue weighted by Gasteiger charge is -2.15. The van der Waals surface area contributed by atoms with E-state index in [4.69, 9.17) is 9.84 Å². The second kappa shape index (κ2) is 7.62. The van der Waals surface area contributed by atoms with Gasteiger partial charge in [0.25, 0.3) is 0 Å². The van der Waals surface area contributed by atoms with Gasteiger partial charge in [-0.3, -0.25) is 0 Å². The highest BCUT2D eigenvalue weighted by atomic mass is 19.4. The number of aliphatic hydroxyl groups excluding tert-OH is 1. The van der Waals surface area contributed by atoms with E-state index in [0.29, 0.717) is 17.9 Å². The molecule has 5 heteroatoms. The van der Waals surface area contributed by atoms with Crippen LogP contribution in [-0.2, 0) is 19.4 Å². The first kappa shape index (κ1) is 18.0. The summed E-state index contributed by atoms with van der Waals surface area (Å²) in [6, 6.07) is 19.9. The van der Waals surface area contributed by atoms with Crippen LogP contribution in [0.3, 0.4) is 0 Å². The van der Waals surface area contributed by atoms with E-state index in [0.717, 1.165) is 11.6 Å². The van der Waals surface area contributed by atoms with Gasteiger partial charge >= 0.3 is 6.18 Å². The van der Waals surface area contributed by atoms with Crippen molar-refractivity contribution < 1.29 is 23.0 Å². The Kier molecular flexibility index (Phi) is 5.28. The van der Waals surface area contributed by atoms with Crippen LogP contribution in [0.4, 0.5) is 13.2 Å². The Morgan fingerprint density at radius 2 is 1.58 bits per heavy atom. The summed E-state index contributed by atoms with van der Waals surface area (Å²) in [5.41, 5.74) is 0.884. The Bertz CT molecular complexity index is 874. The number of hydrogen-bond acceptors (Lipinski definition) is 2. The first-order valence-corrected chi connectivity index (χ1v) is 8.05. The second-order valence-corrected chi connectivity index (χ2v) is 5.84. The van der Waals surface area contributed by atoms with Crippen LogP contribution in [0.15, 0.2) is 72.8 Å². The van der Waals surface area contributed by atoms with Gasteiger partial charge < -0.3 is 9.84 Å². The quantitative estimate of drug-likeness (QED) is 0.658. The summed E-state index contributed by atoms with van der Waals surface area (Å²) in [6.07, 6.45) is -4.51. The third-order valence-electron chi connectivity index (χ3n) is 3.97. The molecule has 1 N–H and O–H groups in total. The lowest BCUT2D eigenvalue weighted by Crippen LogP contribution is -2.08. The van der Waals surface area contributed by atoms with Gasteiger partial charge in [0.05, 0.1) is 12.2 Å². The Balaban J connectivity index is 1.90. The number of ether oxygens (including phenoxy) is 1. The monoisotopic (exact) mass is 358 g/mol. The molecule has 0 aliphatic heterocycles. The van der Waals surface area contributed by atoms with Gasteiger partial charge in [-0.15, -0.1) is 0 Å². The normalized spacial score (nSPS) is 11.4. The molecule has 3 rings (SSSR count). The minimum atomic E-state index is -4.51. The maximum Gasteiger partial charge on any atom is 0.417 e. The predicted octanol–water partition coefficient (Wildman–Crippen LogP) is 5.44. The van der Waals surface area contributed by atoms with Crippen molar-refractivity contribution in [3.05, 3.63) is 89.5 Å². The van der Waals surface area contributed by atoms with Crippen LogP contribution in [0.2, 0.25) is 0 Å². The van der Waals surface area contributed by atoms with Crippen LogP contribution in [0.5, 0.6) is 5.75 Å². The first-order valence-electron chi connectivity index (χ1n) is 8.05. The van der Waals surface area contributed by atoms with E-state index < -0.39 is 18.3 Å². The molecule has 0 radical (unpaired) electrons. The zero-order valence-electron chi connectivity index (χ0n) is 13.8. The summed E-state index contributed by atoms with van der Waals surface area (Å²) in [5, 5.41) is 9.12. The zero-order chi connectivity index (χ0) is 18.6. The standard InChI is InChI=1S/C21H17F3O2/c22-21(23,24)20-11-16(13-25)9-10-19(20)17-7-4-8-18(12-17)26-14-15-5-2-1-3-6-15/h1-12,25H,13-14H2. The van der Waals surface area contributed by atoms with Crippen molar-refractivity contribution in [2.45, 2.75) is 19.4 Å². The second-order valence-electron chi connectivity index (χ2n) is 5.84. The highest BCUT2D eigenvalue weighted by Crippen LogP contribution is 2.38. The number of benzene rings is 3. The van der Waals surface area contributed by atoms with E-state index in [1.165, 1.54) is 12.1 Å². The Morgan fingerprint density at radius 1 is 0.808 bits per heavy atom. The van der Waals surface area contributed by atoms with E-state index >= 15 is 0 Å². The molecule has 0 bridgehead atoms. The van der Waals surface area contributed by atoms with E-state index in [1.807, 2.05) is 30.3 Å². The van der Waals surface area contributed by atoms with Gasteiger partial charge in [0.15, 0.2) is 0 Å². The number of halogens is 3. The predicted molar refractivity (Wildman–Crippen MR) is 93.6 cm³/mol.